The van der Waals surface area contributed by atoms with Crippen LogP contribution in [0.25, 0.3) is 0 Å². The van der Waals surface area contributed by atoms with E-state index in [9.17, 15) is 0 Å². The van der Waals surface area contributed by atoms with Crippen molar-refractivity contribution in [3.8, 4) is 0 Å². The van der Waals surface area contributed by atoms with Gasteiger partial charge in [-0.2, -0.15) is 0 Å². The maximum absolute atomic E-state index is 5.44. The third-order valence-electron chi connectivity index (χ3n) is 4.63. The second-order valence-corrected chi connectivity index (χ2v) is 6.79. The molecule has 0 bridgehead atoms. The summed E-state index contributed by atoms with van der Waals surface area (Å²) in [6.07, 6.45) is 12.2. The lowest BCUT2D eigenvalue weighted by Gasteiger charge is -2.20. The predicted molar refractivity (Wildman–Crippen MR) is 96.5 cm³/mol. The van der Waals surface area contributed by atoms with Gasteiger partial charge < -0.3 is 15.5 Å². The number of nitrogens with one attached hydrogen (secondary N) is 2. The summed E-state index contributed by atoms with van der Waals surface area (Å²) in [5.41, 5.74) is 0.967. The van der Waals surface area contributed by atoms with E-state index < -0.39 is 0 Å². The molecule has 5 heteroatoms. The molecule has 120 valence electrons. The number of hydrogen-bond donors (Lipinski definition) is 2. The van der Waals surface area contributed by atoms with Crippen molar-refractivity contribution in [2.75, 3.05) is 23.3 Å². The molecular weight excluding hydrogens is 292 g/mol. The Labute approximate surface area is 138 Å². The van der Waals surface area contributed by atoms with Crippen LogP contribution in [0.15, 0.2) is 18.3 Å². The van der Waals surface area contributed by atoms with Crippen LogP contribution >= 0.6 is 12.2 Å². The number of thiocarbonyl (C=S) groups is 1. The van der Waals surface area contributed by atoms with E-state index in [1.54, 1.807) is 0 Å². The summed E-state index contributed by atoms with van der Waals surface area (Å²) in [6.45, 7) is 2.25. The minimum atomic E-state index is 0.527. The van der Waals surface area contributed by atoms with E-state index in [0.29, 0.717) is 6.04 Å². The number of anilines is 2. The van der Waals surface area contributed by atoms with E-state index >= 15 is 0 Å². The molecule has 3 rings (SSSR count). The van der Waals surface area contributed by atoms with Gasteiger partial charge in [-0.3, -0.25) is 0 Å². The van der Waals surface area contributed by atoms with Crippen molar-refractivity contribution in [1.82, 2.24) is 10.3 Å². The summed E-state index contributed by atoms with van der Waals surface area (Å²) in [7, 11) is 0. The zero-order valence-electron chi connectivity index (χ0n) is 13.2. The molecule has 1 saturated heterocycles. The first-order valence-electron chi connectivity index (χ1n) is 8.60. The van der Waals surface area contributed by atoms with E-state index in [0.717, 1.165) is 29.7 Å². The standard InChI is InChI=1S/C17H26N4S/c22-17(19-14-7-3-1-2-4-8-14)20-15-9-10-16(18-13-15)21-11-5-6-12-21/h9-10,13-14H,1-8,11-12H2,(H2,19,20,22). The summed E-state index contributed by atoms with van der Waals surface area (Å²) in [5.74, 6) is 1.07. The highest BCUT2D eigenvalue weighted by Crippen LogP contribution is 2.20. The van der Waals surface area contributed by atoms with Gasteiger partial charge in [-0.05, 0) is 50.0 Å². The molecule has 2 fully saturated rings. The Hall–Kier alpha value is -1.36. The topological polar surface area (TPSA) is 40.2 Å². The maximum Gasteiger partial charge on any atom is 0.171 e. The van der Waals surface area contributed by atoms with Crippen LogP contribution in [0.5, 0.6) is 0 Å². The molecule has 1 aliphatic carbocycles. The second-order valence-electron chi connectivity index (χ2n) is 6.39. The van der Waals surface area contributed by atoms with Crippen LogP contribution in [0.1, 0.15) is 51.4 Å². The monoisotopic (exact) mass is 318 g/mol. The molecule has 0 aromatic carbocycles. The number of hydrogen-bond acceptors (Lipinski definition) is 3. The van der Waals surface area contributed by atoms with Crippen molar-refractivity contribution >= 4 is 28.8 Å². The quantitative estimate of drug-likeness (QED) is 0.657. The predicted octanol–water partition coefficient (Wildman–Crippen LogP) is 3.69. The lowest BCUT2D eigenvalue weighted by molar-refractivity contribution is 0.535. The molecule has 0 unspecified atom stereocenters. The zero-order valence-corrected chi connectivity index (χ0v) is 14.0. The number of rotatable bonds is 3. The van der Waals surface area contributed by atoms with E-state index in [2.05, 4.69) is 32.7 Å². The Morgan fingerprint density at radius 2 is 1.77 bits per heavy atom. The lowest BCUT2D eigenvalue weighted by atomic mass is 10.1. The van der Waals surface area contributed by atoms with Crippen LogP contribution in [0.4, 0.5) is 11.5 Å². The smallest absolute Gasteiger partial charge is 0.171 e. The molecule has 2 N–H and O–H groups in total. The molecule has 0 atom stereocenters. The fourth-order valence-electron chi connectivity index (χ4n) is 3.37. The maximum atomic E-state index is 5.44. The van der Waals surface area contributed by atoms with E-state index in [-0.39, 0.29) is 0 Å². The van der Waals surface area contributed by atoms with Crippen LogP contribution < -0.4 is 15.5 Å². The molecule has 4 nitrogen and oxygen atoms in total. The minimum Gasteiger partial charge on any atom is -0.360 e. The third-order valence-corrected chi connectivity index (χ3v) is 4.85. The van der Waals surface area contributed by atoms with Crippen LogP contribution in [-0.4, -0.2) is 29.2 Å². The minimum absolute atomic E-state index is 0.527. The van der Waals surface area contributed by atoms with E-state index in [1.807, 2.05) is 6.20 Å². The van der Waals surface area contributed by atoms with E-state index in [1.165, 1.54) is 51.4 Å². The Morgan fingerprint density at radius 1 is 1.05 bits per heavy atom. The molecular formula is C17H26N4S. The van der Waals surface area contributed by atoms with Gasteiger partial charge in [0.15, 0.2) is 5.11 Å². The normalized spacial score (nSPS) is 19.7. The Bertz CT molecular complexity index is 474. The van der Waals surface area contributed by atoms with Crippen molar-refractivity contribution < 1.29 is 0 Å². The molecule has 1 saturated carbocycles. The first-order valence-corrected chi connectivity index (χ1v) is 9.00. The van der Waals surface area contributed by atoms with Gasteiger partial charge in [0.25, 0.3) is 0 Å². The molecule has 2 aliphatic rings. The van der Waals surface area contributed by atoms with Crippen molar-refractivity contribution in [2.45, 2.75) is 57.4 Å². The Morgan fingerprint density at radius 3 is 2.41 bits per heavy atom. The molecule has 2 heterocycles. The van der Waals surface area contributed by atoms with Crippen molar-refractivity contribution in [3.05, 3.63) is 18.3 Å². The SMILES string of the molecule is S=C(Nc1ccc(N2CCCC2)nc1)NC1CCCCCC1. The summed E-state index contributed by atoms with van der Waals surface area (Å²) in [4.78, 5) is 6.89. The highest BCUT2D eigenvalue weighted by Gasteiger charge is 2.14. The second kappa shape index (κ2) is 7.77. The lowest BCUT2D eigenvalue weighted by Crippen LogP contribution is -2.37. The molecule has 1 aromatic rings. The van der Waals surface area contributed by atoms with Gasteiger partial charge in [0.1, 0.15) is 5.82 Å². The summed E-state index contributed by atoms with van der Waals surface area (Å²) in [5, 5.41) is 7.45. The Balaban J connectivity index is 1.50. The van der Waals surface area contributed by atoms with Crippen molar-refractivity contribution in [2.24, 2.45) is 0 Å². The zero-order chi connectivity index (χ0) is 15.2. The van der Waals surface area contributed by atoms with Gasteiger partial charge in [0.2, 0.25) is 0 Å². The van der Waals surface area contributed by atoms with Crippen molar-refractivity contribution in [1.29, 1.82) is 0 Å². The fourth-order valence-corrected chi connectivity index (χ4v) is 3.65. The van der Waals surface area contributed by atoms with Gasteiger partial charge in [-0.15, -0.1) is 0 Å². The first-order chi connectivity index (χ1) is 10.8. The van der Waals surface area contributed by atoms with Crippen LogP contribution in [0, 0.1) is 0 Å². The molecule has 22 heavy (non-hydrogen) atoms. The average Bonchev–Trinajstić information content (AvgIpc) is 2.94. The molecule has 0 spiro atoms. The number of aromatic nitrogens is 1. The highest BCUT2D eigenvalue weighted by molar-refractivity contribution is 7.80. The van der Waals surface area contributed by atoms with Gasteiger partial charge >= 0.3 is 0 Å². The molecule has 1 aliphatic heterocycles. The summed E-state index contributed by atoms with van der Waals surface area (Å²) in [6, 6.07) is 4.68. The molecule has 0 radical (unpaired) electrons. The van der Waals surface area contributed by atoms with Gasteiger partial charge in [0, 0.05) is 19.1 Å². The average molecular weight is 318 g/mol. The Kier molecular flexibility index (Phi) is 5.48. The van der Waals surface area contributed by atoms with Gasteiger partial charge in [-0.1, -0.05) is 25.7 Å². The van der Waals surface area contributed by atoms with Crippen LogP contribution in [0.2, 0.25) is 0 Å². The fraction of sp³-hybridized carbons (Fsp3) is 0.647. The first kappa shape index (κ1) is 15.5. The van der Waals surface area contributed by atoms with Gasteiger partial charge in [-0.25, -0.2) is 4.98 Å². The van der Waals surface area contributed by atoms with Crippen LogP contribution in [-0.2, 0) is 0 Å². The van der Waals surface area contributed by atoms with Crippen LogP contribution in [0.3, 0.4) is 0 Å². The largest absolute Gasteiger partial charge is 0.360 e. The van der Waals surface area contributed by atoms with Gasteiger partial charge in [0.05, 0.1) is 11.9 Å². The number of pyridine rings is 1. The molecule has 0 amide bonds. The number of nitrogens with zero attached hydrogens (tertiary/aromatic N) is 2. The van der Waals surface area contributed by atoms with E-state index in [4.69, 9.17) is 12.2 Å². The third kappa shape index (κ3) is 4.32. The molecule has 1 aromatic heterocycles. The summed E-state index contributed by atoms with van der Waals surface area (Å²) >= 11 is 5.44. The highest BCUT2D eigenvalue weighted by atomic mass is 32.1. The summed E-state index contributed by atoms with van der Waals surface area (Å²) < 4.78 is 0. The van der Waals surface area contributed by atoms with Crippen molar-refractivity contribution in [3.63, 3.8) is 0 Å².